The molecule has 0 bridgehead atoms. The van der Waals surface area contributed by atoms with Crippen molar-refractivity contribution in [1.82, 2.24) is 10.3 Å². The van der Waals surface area contributed by atoms with E-state index in [4.69, 9.17) is 16.7 Å². The molecule has 0 saturated heterocycles. The van der Waals surface area contributed by atoms with Crippen molar-refractivity contribution in [2.24, 2.45) is 0 Å². The third-order valence-corrected chi connectivity index (χ3v) is 1.81. The van der Waals surface area contributed by atoms with Crippen LogP contribution in [0.5, 0.6) is 0 Å². The molecule has 0 radical (unpaired) electrons. The molecule has 14 heavy (non-hydrogen) atoms. The molecule has 1 aromatic rings. The molecule has 0 saturated carbocycles. The van der Waals surface area contributed by atoms with Gasteiger partial charge in [-0.2, -0.15) is 0 Å². The predicted molar refractivity (Wildman–Crippen MR) is 53.3 cm³/mol. The van der Waals surface area contributed by atoms with Gasteiger partial charge in [0.05, 0.1) is 6.61 Å². The zero-order chi connectivity index (χ0) is 10.6. The highest BCUT2D eigenvalue weighted by Crippen LogP contribution is 2.04. The van der Waals surface area contributed by atoms with Crippen molar-refractivity contribution in [3.8, 4) is 0 Å². The maximum Gasteiger partial charge on any atom is 0.270 e. The Hall–Kier alpha value is -1.13. The Morgan fingerprint density at radius 3 is 3.00 bits per heavy atom. The van der Waals surface area contributed by atoms with E-state index in [0.717, 1.165) is 0 Å². The number of amides is 1. The number of carbonyl (C=O) groups is 1. The van der Waals surface area contributed by atoms with Gasteiger partial charge in [0, 0.05) is 6.04 Å². The van der Waals surface area contributed by atoms with Gasteiger partial charge in [0.2, 0.25) is 0 Å². The van der Waals surface area contributed by atoms with Gasteiger partial charge in [-0.15, -0.1) is 0 Å². The fraction of sp³-hybridized carbons (Fsp3) is 0.333. The molecule has 1 rings (SSSR count). The topological polar surface area (TPSA) is 62.2 Å². The number of hydrogen-bond acceptors (Lipinski definition) is 3. The Morgan fingerprint density at radius 1 is 1.71 bits per heavy atom. The summed E-state index contributed by atoms with van der Waals surface area (Å²) in [5.41, 5.74) is 0.248. The van der Waals surface area contributed by atoms with Crippen LogP contribution in [-0.4, -0.2) is 28.6 Å². The summed E-state index contributed by atoms with van der Waals surface area (Å²) >= 11 is 5.62. The fourth-order valence-electron chi connectivity index (χ4n) is 0.878. The molecule has 0 aromatic carbocycles. The summed E-state index contributed by atoms with van der Waals surface area (Å²) in [6.07, 6.45) is 0. The van der Waals surface area contributed by atoms with Gasteiger partial charge < -0.3 is 10.4 Å². The van der Waals surface area contributed by atoms with Gasteiger partial charge in [-0.05, 0) is 19.1 Å². The average molecular weight is 215 g/mol. The van der Waals surface area contributed by atoms with E-state index >= 15 is 0 Å². The largest absolute Gasteiger partial charge is 0.394 e. The van der Waals surface area contributed by atoms with Crippen molar-refractivity contribution in [3.63, 3.8) is 0 Å². The minimum absolute atomic E-state index is 0.105. The Kier molecular flexibility index (Phi) is 3.85. The van der Waals surface area contributed by atoms with Gasteiger partial charge in [-0.25, -0.2) is 4.98 Å². The van der Waals surface area contributed by atoms with E-state index < -0.39 is 0 Å². The first-order chi connectivity index (χ1) is 6.63. The lowest BCUT2D eigenvalue weighted by atomic mass is 10.3. The first-order valence-electron chi connectivity index (χ1n) is 4.17. The number of aliphatic hydroxyl groups excluding tert-OH is 1. The highest BCUT2D eigenvalue weighted by molar-refractivity contribution is 6.29. The summed E-state index contributed by atoms with van der Waals surface area (Å²) < 4.78 is 0. The lowest BCUT2D eigenvalue weighted by molar-refractivity contribution is 0.0917. The molecule has 0 spiro atoms. The average Bonchev–Trinajstić information content (AvgIpc) is 2.17. The summed E-state index contributed by atoms with van der Waals surface area (Å²) in [4.78, 5) is 15.3. The first kappa shape index (κ1) is 10.9. The van der Waals surface area contributed by atoms with Crippen LogP contribution in [0.1, 0.15) is 17.4 Å². The monoisotopic (exact) mass is 214 g/mol. The smallest absolute Gasteiger partial charge is 0.270 e. The second-order valence-corrected chi connectivity index (χ2v) is 3.29. The fourth-order valence-corrected chi connectivity index (χ4v) is 1.04. The molecule has 4 nitrogen and oxygen atoms in total. The number of halogens is 1. The van der Waals surface area contributed by atoms with Gasteiger partial charge in [0.15, 0.2) is 0 Å². The number of aromatic nitrogens is 1. The van der Waals surface area contributed by atoms with E-state index in [1.807, 2.05) is 0 Å². The quantitative estimate of drug-likeness (QED) is 0.734. The molecule has 76 valence electrons. The van der Waals surface area contributed by atoms with Crippen LogP contribution < -0.4 is 5.32 Å². The summed E-state index contributed by atoms with van der Waals surface area (Å²) in [6.45, 7) is 1.59. The molecule has 5 heteroatoms. The molecule has 0 aliphatic carbocycles. The summed E-state index contributed by atoms with van der Waals surface area (Å²) in [5, 5.41) is 11.6. The molecule has 1 heterocycles. The molecule has 1 aromatic heterocycles. The number of aliphatic hydroxyl groups is 1. The van der Waals surface area contributed by atoms with E-state index in [1.165, 1.54) is 0 Å². The SMILES string of the molecule is CC(CO)NC(=O)c1cccc(Cl)n1. The van der Waals surface area contributed by atoms with Gasteiger partial charge in [-0.3, -0.25) is 4.79 Å². The zero-order valence-electron chi connectivity index (χ0n) is 7.70. The highest BCUT2D eigenvalue weighted by Gasteiger charge is 2.09. The molecule has 1 atom stereocenters. The maximum absolute atomic E-state index is 11.4. The Labute approximate surface area is 86.9 Å². The minimum Gasteiger partial charge on any atom is -0.394 e. The summed E-state index contributed by atoms with van der Waals surface area (Å²) in [5.74, 6) is -0.339. The predicted octanol–water partition coefficient (Wildman–Crippen LogP) is 0.846. The van der Waals surface area contributed by atoms with Crippen molar-refractivity contribution in [3.05, 3.63) is 29.0 Å². The normalized spacial score (nSPS) is 12.2. The number of carbonyl (C=O) groups excluding carboxylic acids is 1. The van der Waals surface area contributed by atoms with Crippen LogP contribution in [-0.2, 0) is 0 Å². The van der Waals surface area contributed by atoms with Crippen LogP contribution in [0, 0.1) is 0 Å². The molecule has 1 unspecified atom stereocenters. The zero-order valence-corrected chi connectivity index (χ0v) is 8.45. The lowest BCUT2D eigenvalue weighted by Gasteiger charge is -2.09. The number of nitrogens with one attached hydrogen (secondary N) is 1. The van der Waals surface area contributed by atoms with Crippen LogP contribution in [0.4, 0.5) is 0 Å². The van der Waals surface area contributed by atoms with Crippen molar-refractivity contribution in [2.45, 2.75) is 13.0 Å². The minimum atomic E-state index is -0.339. The van der Waals surface area contributed by atoms with Gasteiger partial charge in [-0.1, -0.05) is 17.7 Å². The van der Waals surface area contributed by atoms with Crippen molar-refractivity contribution >= 4 is 17.5 Å². The third kappa shape index (κ3) is 2.97. The van der Waals surface area contributed by atoms with Crippen LogP contribution in [0.25, 0.3) is 0 Å². The highest BCUT2D eigenvalue weighted by atomic mass is 35.5. The van der Waals surface area contributed by atoms with Crippen molar-refractivity contribution < 1.29 is 9.90 Å². The van der Waals surface area contributed by atoms with Crippen LogP contribution >= 0.6 is 11.6 Å². The first-order valence-corrected chi connectivity index (χ1v) is 4.55. The maximum atomic E-state index is 11.4. The molecular formula is C9H11ClN2O2. The Bertz CT molecular complexity index is 330. The lowest BCUT2D eigenvalue weighted by Crippen LogP contribution is -2.35. The van der Waals surface area contributed by atoms with Crippen LogP contribution in [0.15, 0.2) is 18.2 Å². The van der Waals surface area contributed by atoms with E-state index in [9.17, 15) is 4.79 Å². The van der Waals surface area contributed by atoms with E-state index in [2.05, 4.69) is 10.3 Å². The Morgan fingerprint density at radius 2 is 2.43 bits per heavy atom. The standard InChI is InChI=1S/C9H11ClN2O2/c1-6(5-13)11-9(14)7-3-2-4-8(10)12-7/h2-4,6,13H,5H2,1H3,(H,11,14). The van der Waals surface area contributed by atoms with Crippen molar-refractivity contribution in [2.75, 3.05) is 6.61 Å². The van der Waals surface area contributed by atoms with Gasteiger partial charge >= 0.3 is 0 Å². The second kappa shape index (κ2) is 4.93. The molecule has 2 N–H and O–H groups in total. The molecule has 0 aliphatic rings. The van der Waals surface area contributed by atoms with E-state index in [0.29, 0.717) is 0 Å². The molecule has 0 fully saturated rings. The summed E-state index contributed by atoms with van der Waals surface area (Å²) in [7, 11) is 0. The van der Waals surface area contributed by atoms with E-state index in [-0.39, 0.29) is 29.4 Å². The van der Waals surface area contributed by atoms with Crippen LogP contribution in [0.3, 0.4) is 0 Å². The second-order valence-electron chi connectivity index (χ2n) is 2.90. The molecular weight excluding hydrogens is 204 g/mol. The molecule has 1 amide bonds. The van der Waals surface area contributed by atoms with Crippen molar-refractivity contribution in [1.29, 1.82) is 0 Å². The number of rotatable bonds is 3. The summed E-state index contributed by atoms with van der Waals surface area (Å²) in [6, 6.07) is 4.51. The van der Waals surface area contributed by atoms with Gasteiger partial charge in [0.25, 0.3) is 5.91 Å². The third-order valence-electron chi connectivity index (χ3n) is 1.60. The Balaban J connectivity index is 2.70. The molecule has 0 aliphatic heterocycles. The number of pyridine rings is 1. The van der Waals surface area contributed by atoms with E-state index in [1.54, 1.807) is 25.1 Å². The van der Waals surface area contributed by atoms with Gasteiger partial charge in [0.1, 0.15) is 10.8 Å². The number of nitrogens with zero attached hydrogens (tertiary/aromatic N) is 1. The van der Waals surface area contributed by atoms with Crippen LogP contribution in [0.2, 0.25) is 5.15 Å². The number of hydrogen-bond donors (Lipinski definition) is 2.